The van der Waals surface area contributed by atoms with E-state index >= 15 is 0 Å². The summed E-state index contributed by atoms with van der Waals surface area (Å²) in [5.74, 6) is 0. The predicted molar refractivity (Wildman–Crippen MR) is 75.2 cm³/mol. The molecular formula is C15H19N3O. The zero-order chi connectivity index (χ0) is 12.9. The fourth-order valence-electron chi connectivity index (χ4n) is 2.43. The summed E-state index contributed by atoms with van der Waals surface area (Å²) in [6, 6.07) is 10.3. The van der Waals surface area contributed by atoms with Crippen molar-refractivity contribution in [2.45, 2.75) is 25.5 Å². The molecule has 0 amide bonds. The van der Waals surface area contributed by atoms with Crippen molar-refractivity contribution in [1.29, 1.82) is 0 Å². The lowest BCUT2D eigenvalue weighted by atomic mass is 10.1. The lowest BCUT2D eigenvalue weighted by Crippen LogP contribution is -2.19. The Morgan fingerprint density at radius 3 is 3.05 bits per heavy atom. The van der Waals surface area contributed by atoms with Gasteiger partial charge in [-0.05, 0) is 30.5 Å². The standard InChI is InChI=1S/C15H19N3O/c1-2-7-15(16-11-14-6-3-10-19-14)13(5-1)12-18-9-4-8-17-18/h1-2,4-5,7-9,14,16H,3,6,10-12H2. The van der Waals surface area contributed by atoms with Gasteiger partial charge in [-0.1, -0.05) is 18.2 Å². The van der Waals surface area contributed by atoms with Gasteiger partial charge in [0, 0.05) is 31.2 Å². The third-order valence-corrected chi connectivity index (χ3v) is 3.45. The molecule has 1 saturated heterocycles. The average molecular weight is 257 g/mol. The van der Waals surface area contributed by atoms with E-state index in [9.17, 15) is 0 Å². The summed E-state index contributed by atoms with van der Waals surface area (Å²) in [5, 5.41) is 7.76. The van der Waals surface area contributed by atoms with Crippen LogP contribution in [0.15, 0.2) is 42.7 Å². The van der Waals surface area contributed by atoms with E-state index in [1.165, 1.54) is 17.7 Å². The average Bonchev–Trinajstić information content (AvgIpc) is 3.10. The monoisotopic (exact) mass is 257 g/mol. The number of benzene rings is 1. The highest BCUT2D eigenvalue weighted by Crippen LogP contribution is 2.18. The van der Waals surface area contributed by atoms with Crippen LogP contribution in [0.25, 0.3) is 0 Å². The van der Waals surface area contributed by atoms with E-state index in [1.54, 1.807) is 0 Å². The van der Waals surface area contributed by atoms with Gasteiger partial charge < -0.3 is 10.1 Å². The highest BCUT2D eigenvalue weighted by atomic mass is 16.5. The number of nitrogens with zero attached hydrogens (tertiary/aromatic N) is 2. The van der Waals surface area contributed by atoms with Crippen LogP contribution in [0, 0.1) is 0 Å². The molecule has 0 aliphatic carbocycles. The molecule has 19 heavy (non-hydrogen) atoms. The van der Waals surface area contributed by atoms with Crippen molar-refractivity contribution in [3.05, 3.63) is 48.3 Å². The first-order chi connectivity index (χ1) is 9.42. The molecule has 0 spiro atoms. The van der Waals surface area contributed by atoms with Crippen LogP contribution in [-0.4, -0.2) is 29.0 Å². The molecule has 1 aliphatic rings. The van der Waals surface area contributed by atoms with Gasteiger partial charge in [0.2, 0.25) is 0 Å². The molecule has 1 aliphatic heterocycles. The number of anilines is 1. The Hall–Kier alpha value is -1.81. The molecule has 0 radical (unpaired) electrons. The van der Waals surface area contributed by atoms with Gasteiger partial charge >= 0.3 is 0 Å². The lowest BCUT2D eigenvalue weighted by Gasteiger charge is -2.15. The van der Waals surface area contributed by atoms with Crippen molar-refractivity contribution in [3.8, 4) is 0 Å². The van der Waals surface area contributed by atoms with Gasteiger partial charge in [0.05, 0.1) is 12.6 Å². The van der Waals surface area contributed by atoms with Crippen LogP contribution < -0.4 is 5.32 Å². The number of para-hydroxylation sites is 1. The maximum absolute atomic E-state index is 5.64. The summed E-state index contributed by atoms with van der Waals surface area (Å²) in [6.45, 7) is 2.58. The van der Waals surface area contributed by atoms with E-state index < -0.39 is 0 Å². The van der Waals surface area contributed by atoms with Crippen LogP contribution in [0.2, 0.25) is 0 Å². The minimum atomic E-state index is 0.359. The van der Waals surface area contributed by atoms with E-state index in [0.717, 1.165) is 26.1 Å². The van der Waals surface area contributed by atoms with Crippen molar-refractivity contribution < 1.29 is 4.74 Å². The summed E-state index contributed by atoms with van der Waals surface area (Å²) in [7, 11) is 0. The van der Waals surface area contributed by atoms with Crippen molar-refractivity contribution in [2.75, 3.05) is 18.5 Å². The molecule has 1 atom stereocenters. The van der Waals surface area contributed by atoms with Gasteiger partial charge in [-0.15, -0.1) is 0 Å². The Morgan fingerprint density at radius 2 is 2.26 bits per heavy atom. The fraction of sp³-hybridized carbons (Fsp3) is 0.400. The summed E-state index contributed by atoms with van der Waals surface area (Å²) in [6.07, 6.45) is 6.49. The predicted octanol–water partition coefficient (Wildman–Crippen LogP) is 2.52. The maximum atomic E-state index is 5.64. The van der Waals surface area contributed by atoms with Crippen LogP contribution in [0.1, 0.15) is 18.4 Å². The largest absolute Gasteiger partial charge is 0.382 e. The molecule has 1 aromatic heterocycles. The van der Waals surface area contributed by atoms with Gasteiger partial charge in [-0.2, -0.15) is 5.10 Å². The smallest absolute Gasteiger partial charge is 0.0748 e. The van der Waals surface area contributed by atoms with E-state index in [1.807, 2.05) is 23.1 Å². The van der Waals surface area contributed by atoms with Gasteiger partial charge in [-0.3, -0.25) is 4.68 Å². The fourth-order valence-corrected chi connectivity index (χ4v) is 2.43. The summed E-state index contributed by atoms with van der Waals surface area (Å²) in [5.41, 5.74) is 2.43. The minimum Gasteiger partial charge on any atom is -0.382 e. The molecule has 1 N–H and O–H groups in total. The summed E-state index contributed by atoms with van der Waals surface area (Å²) in [4.78, 5) is 0. The molecule has 100 valence electrons. The quantitative estimate of drug-likeness (QED) is 0.894. The van der Waals surface area contributed by atoms with E-state index in [2.05, 4.69) is 34.7 Å². The van der Waals surface area contributed by atoms with E-state index in [4.69, 9.17) is 4.74 Å². The zero-order valence-corrected chi connectivity index (χ0v) is 11.0. The second kappa shape index (κ2) is 5.89. The molecule has 1 fully saturated rings. The van der Waals surface area contributed by atoms with Crippen molar-refractivity contribution >= 4 is 5.69 Å². The number of hydrogen-bond donors (Lipinski definition) is 1. The third-order valence-electron chi connectivity index (χ3n) is 3.45. The Kier molecular flexibility index (Phi) is 3.79. The molecule has 4 heteroatoms. The topological polar surface area (TPSA) is 39.1 Å². The van der Waals surface area contributed by atoms with Crippen molar-refractivity contribution in [2.24, 2.45) is 0 Å². The van der Waals surface area contributed by atoms with Gasteiger partial charge in [0.15, 0.2) is 0 Å². The van der Waals surface area contributed by atoms with E-state index in [0.29, 0.717) is 6.10 Å². The Bertz CT molecular complexity index is 504. The second-order valence-corrected chi connectivity index (χ2v) is 4.88. The first-order valence-corrected chi connectivity index (χ1v) is 6.82. The number of ether oxygens (including phenoxy) is 1. The third kappa shape index (κ3) is 3.15. The number of hydrogen-bond acceptors (Lipinski definition) is 3. The van der Waals surface area contributed by atoms with Crippen LogP contribution >= 0.6 is 0 Å². The number of rotatable bonds is 5. The highest BCUT2D eigenvalue weighted by Gasteiger charge is 2.15. The van der Waals surface area contributed by atoms with Gasteiger partial charge in [0.25, 0.3) is 0 Å². The second-order valence-electron chi connectivity index (χ2n) is 4.88. The highest BCUT2D eigenvalue weighted by molar-refractivity contribution is 5.51. The first-order valence-electron chi connectivity index (χ1n) is 6.82. The zero-order valence-electron chi connectivity index (χ0n) is 11.0. The van der Waals surface area contributed by atoms with Gasteiger partial charge in [0.1, 0.15) is 0 Å². The van der Waals surface area contributed by atoms with Crippen molar-refractivity contribution in [1.82, 2.24) is 9.78 Å². The molecule has 3 rings (SSSR count). The van der Waals surface area contributed by atoms with Crippen LogP contribution in [-0.2, 0) is 11.3 Å². The molecule has 1 unspecified atom stereocenters. The molecular weight excluding hydrogens is 238 g/mol. The first kappa shape index (κ1) is 12.2. The van der Waals surface area contributed by atoms with Gasteiger partial charge in [-0.25, -0.2) is 0 Å². The summed E-state index contributed by atoms with van der Waals surface area (Å²) >= 11 is 0. The minimum absolute atomic E-state index is 0.359. The molecule has 2 aromatic rings. The van der Waals surface area contributed by atoms with Crippen LogP contribution in [0.4, 0.5) is 5.69 Å². The van der Waals surface area contributed by atoms with Crippen LogP contribution in [0.5, 0.6) is 0 Å². The molecule has 4 nitrogen and oxygen atoms in total. The SMILES string of the molecule is c1ccc(NCC2CCCO2)c(Cn2cccn2)c1. The summed E-state index contributed by atoms with van der Waals surface area (Å²) < 4.78 is 7.58. The van der Waals surface area contributed by atoms with Crippen molar-refractivity contribution in [3.63, 3.8) is 0 Å². The number of aromatic nitrogens is 2. The molecule has 1 aromatic carbocycles. The molecule has 2 heterocycles. The molecule has 0 bridgehead atoms. The Morgan fingerprint density at radius 1 is 1.32 bits per heavy atom. The van der Waals surface area contributed by atoms with Crippen LogP contribution in [0.3, 0.4) is 0 Å². The normalized spacial score (nSPS) is 18.6. The van der Waals surface area contributed by atoms with E-state index in [-0.39, 0.29) is 0 Å². The Balaban J connectivity index is 1.66. The maximum Gasteiger partial charge on any atom is 0.0748 e. The number of nitrogens with one attached hydrogen (secondary N) is 1. The lowest BCUT2D eigenvalue weighted by molar-refractivity contribution is 0.120. The Labute approximate surface area is 113 Å². The molecule has 0 saturated carbocycles.